The molecule has 0 saturated heterocycles. The van der Waals surface area contributed by atoms with E-state index in [9.17, 15) is 14.4 Å². The number of hydrogen-bond donors (Lipinski definition) is 1. The summed E-state index contributed by atoms with van der Waals surface area (Å²) in [5.74, 6) is 0.726. The van der Waals surface area contributed by atoms with E-state index in [2.05, 4.69) is 5.32 Å². The van der Waals surface area contributed by atoms with Gasteiger partial charge >= 0.3 is 11.6 Å². The predicted molar refractivity (Wildman–Crippen MR) is 119 cm³/mol. The summed E-state index contributed by atoms with van der Waals surface area (Å²) >= 11 is 0. The van der Waals surface area contributed by atoms with Crippen molar-refractivity contribution in [2.45, 2.75) is 65.4 Å². The van der Waals surface area contributed by atoms with Crippen molar-refractivity contribution < 1.29 is 28.2 Å². The Balaban J connectivity index is 1.80. The lowest BCUT2D eigenvalue weighted by Gasteiger charge is -2.33. The highest BCUT2D eigenvalue weighted by molar-refractivity contribution is 5.92. The van der Waals surface area contributed by atoms with Gasteiger partial charge in [0.1, 0.15) is 22.7 Å². The molecule has 2 aromatic rings. The Kier molecular flexibility index (Phi) is 7.11. The zero-order valence-corrected chi connectivity index (χ0v) is 19.4. The van der Waals surface area contributed by atoms with Crippen molar-refractivity contribution in [2.75, 3.05) is 20.3 Å². The van der Waals surface area contributed by atoms with Crippen molar-refractivity contribution in [3.8, 4) is 11.5 Å². The first-order valence-electron chi connectivity index (χ1n) is 10.9. The highest BCUT2D eigenvalue weighted by Gasteiger charge is 2.31. The van der Waals surface area contributed by atoms with Crippen LogP contribution in [-0.2, 0) is 27.2 Å². The third-order valence-corrected chi connectivity index (χ3v) is 5.71. The summed E-state index contributed by atoms with van der Waals surface area (Å²) in [7, 11) is 1.57. The number of hydrogen-bond acceptors (Lipinski definition) is 7. The van der Waals surface area contributed by atoms with Crippen molar-refractivity contribution >= 4 is 22.8 Å². The molecule has 0 radical (unpaired) electrons. The first kappa shape index (κ1) is 23.6. The fraction of sp³-hybridized carbons (Fsp3) is 0.542. The Hall–Kier alpha value is -3.03. The molecule has 0 atom stereocenters. The fourth-order valence-corrected chi connectivity index (χ4v) is 3.97. The van der Waals surface area contributed by atoms with E-state index < -0.39 is 5.63 Å². The molecule has 8 heteroatoms. The second-order valence-corrected chi connectivity index (χ2v) is 8.66. The molecule has 8 nitrogen and oxygen atoms in total. The number of carbonyl (C=O) groups is 2. The Morgan fingerprint density at radius 1 is 1.28 bits per heavy atom. The number of esters is 1. The minimum absolute atomic E-state index is 0.148. The van der Waals surface area contributed by atoms with Gasteiger partial charge in [0.2, 0.25) is 5.91 Å². The molecule has 3 rings (SSSR count). The molecule has 0 unspecified atom stereocenters. The molecule has 0 spiro atoms. The van der Waals surface area contributed by atoms with Crippen molar-refractivity contribution in [2.24, 2.45) is 0 Å². The monoisotopic (exact) mass is 445 g/mol. The molecule has 32 heavy (non-hydrogen) atoms. The topological polar surface area (TPSA) is 104 Å². The summed E-state index contributed by atoms with van der Waals surface area (Å²) in [6.45, 7) is 7.90. The van der Waals surface area contributed by atoms with Crippen molar-refractivity contribution in [3.05, 3.63) is 33.2 Å². The minimum atomic E-state index is -0.446. The first-order chi connectivity index (χ1) is 15.1. The standard InChI is InChI=1S/C24H31NO7/c1-14-16(7-8-20(27)25-11-6-12-30-15(2)26)23(28)31-22-17-9-10-24(3,4)32-18(17)13-19(29-5)21(14)22/h13H,6-12H2,1-5H3,(H,25,27). The summed E-state index contributed by atoms with van der Waals surface area (Å²) < 4.78 is 22.3. The van der Waals surface area contributed by atoms with Crippen molar-refractivity contribution in [1.29, 1.82) is 0 Å². The maximum Gasteiger partial charge on any atom is 0.339 e. The van der Waals surface area contributed by atoms with Crippen LogP contribution in [0.15, 0.2) is 15.3 Å². The number of fused-ring (bicyclic) bond motifs is 3. The molecule has 174 valence electrons. The van der Waals surface area contributed by atoms with Gasteiger partial charge in [0.25, 0.3) is 0 Å². The van der Waals surface area contributed by atoms with Gasteiger partial charge in [-0.05, 0) is 52.0 Å². The summed E-state index contributed by atoms with van der Waals surface area (Å²) in [5.41, 5.74) is 1.84. The van der Waals surface area contributed by atoms with E-state index in [4.69, 9.17) is 18.6 Å². The van der Waals surface area contributed by atoms with E-state index >= 15 is 0 Å². The van der Waals surface area contributed by atoms with Gasteiger partial charge < -0.3 is 23.9 Å². The van der Waals surface area contributed by atoms with E-state index in [1.807, 2.05) is 26.8 Å². The number of ether oxygens (including phenoxy) is 3. The Bertz CT molecular complexity index is 1080. The van der Waals surface area contributed by atoms with Crippen LogP contribution in [-0.4, -0.2) is 37.7 Å². The summed E-state index contributed by atoms with van der Waals surface area (Å²) in [5, 5.41) is 3.51. The van der Waals surface area contributed by atoms with Crippen LogP contribution in [0.25, 0.3) is 11.0 Å². The number of carbonyl (C=O) groups excluding carboxylic acids is 2. The van der Waals surface area contributed by atoms with Crippen LogP contribution >= 0.6 is 0 Å². The van der Waals surface area contributed by atoms with E-state index in [0.29, 0.717) is 35.6 Å². The molecule has 0 bridgehead atoms. The van der Waals surface area contributed by atoms with Gasteiger partial charge in [-0.15, -0.1) is 0 Å². The number of amides is 1. The zero-order chi connectivity index (χ0) is 23.5. The molecule has 0 saturated carbocycles. The highest BCUT2D eigenvalue weighted by atomic mass is 16.5. The van der Waals surface area contributed by atoms with Gasteiger partial charge in [0.15, 0.2) is 0 Å². The molecule has 1 aliphatic heterocycles. The van der Waals surface area contributed by atoms with Crippen molar-refractivity contribution in [1.82, 2.24) is 5.32 Å². The number of methoxy groups -OCH3 is 1. The second kappa shape index (κ2) is 9.63. The first-order valence-corrected chi connectivity index (χ1v) is 10.9. The summed E-state index contributed by atoms with van der Waals surface area (Å²) in [4.78, 5) is 35.7. The lowest BCUT2D eigenvalue weighted by molar-refractivity contribution is -0.141. The van der Waals surface area contributed by atoms with Gasteiger partial charge in [-0.2, -0.15) is 0 Å². The Morgan fingerprint density at radius 3 is 2.72 bits per heavy atom. The molecule has 0 aliphatic carbocycles. The van der Waals surface area contributed by atoms with Gasteiger partial charge in [-0.3, -0.25) is 9.59 Å². The van der Waals surface area contributed by atoms with Gasteiger partial charge in [0, 0.05) is 37.1 Å². The van der Waals surface area contributed by atoms with E-state index in [0.717, 1.165) is 29.4 Å². The van der Waals surface area contributed by atoms with E-state index in [1.54, 1.807) is 7.11 Å². The van der Waals surface area contributed by atoms with Gasteiger partial charge in [0.05, 0.1) is 19.1 Å². The maximum atomic E-state index is 12.8. The molecular weight excluding hydrogens is 414 g/mol. The van der Waals surface area contributed by atoms with Crippen LogP contribution in [0.2, 0.25) is 0 Å². The zero-order valence-electron chi connectivity index (χ0n) is 19.4. The second-order valence-electron chi connectivity index (χ2n) is 8.66. The number of rotatable bonds is 8. The normalized spacial score (nSPS) is 14.4. The minimum Gasteiger partial charge on any atom is -0.496 e. The van der Waals surface area contributed by atoms with E-state index in [-0.39, 0.29) is 36.9 Å². The van der Waals surface area contributed by atoms with Crippen LogP contribution in [0.3, 0.4) is 0 Å². The third kappa shape index (κ3) is 5.23. The number of nitrogens with one attached hydrogen (secondary N) is 1. The molecular formula is C24H31NO7. The number of benzene rings is 1. The van der Waals surface area contributed by atoms with Crippen LogP contribution in [0.4, 0.5) is 0 Å². The lowest BCUT2D eigenvalue weighted by atomic mass is 9.91. The van der Waals surface area contributed by atoms with Crippen LogP contribution in [0, 0.1) is 6.92 Å². The van der Waals surface area contributed by atoms with Crippen LogP contribution in [0.1, 0.15) is 56.7 Å². The molecule has 1 N–H and O–H groups in total. The largest absolute Gasteiger partial charge is 0.496 e. The molecule has 1 aliphatic rings. The average Bonchev–Trinajstić information content (AvgIpc) is 2.71. The average molecular weight is 446 g/mol. The molecule has 1 aromatic heterocycles. The third-order valence-electron chi connectivity index (χ3n) is 5.71. The lowest BCUT2D eigenvalue weighted by Crippen LogP contribution is -2.32. The highest BCUT2D eigenvalue weighted by Crippen LogP contribution is 2.43. The number of aryl methyl sites for hydroxylation is 2. The Morgan fingerprint density at radius 2 is 2.03 bits per heavy atom. The summed E-state index contributed by atoms with van der Waals surface area (Å²) in [6.07, 6.45) is 2.48. The molecule has 0 fully saturated rings. The summed E-state index contributed by atoms with van der Waals surface area (Å²) in [6, 6.07) is 1.85. The van der Waals surface area contributed by atoms with Crippen LogP contribution < -0.4 is 20.4 Å². The van der Waals surface area contributed by atoms with Crippen LogP contribution in [0.5, 0.6) is 11.5 Å². The molecule has 1 aromatic carbocycles. The molecule has 1 amide bonds. The molecule has 2 heterocycles. The smallest absolute Gasteiger partial charge is 0.339 e. The van der Waals surface area contributed by atoms with Crippen molar-refractivity contribution in [3.63, 3.8) is 0 Å². The van der Waals surface area contributed by atoms with E-state index in [1.165, 1.54) is 6.92 Å². The fourth-order valence-electron chi connectivity index (χ4n) is 3.97. The van der Waals surface area contributed by atoms with Gasteiger partial charge in [-0.25, -0.2) is 4.79 Å². The SMILES string of the molecule is COc1cc2c(c3oc(=O)c(CCC(=O)NCCCOC(C)=O)c(C)c13)CCC(C)(C)O2. The van der Waals surface area contributed by atoms with Gasteiger partial charge in [-0.1, -0.05) is 0 Å². The quantitative estimate of drug-likeness (QED) is 0.378. The Labute approximate surface area is 187 Å². The predicted octanol–water partition coefficient (Wildman–Crippen LogP) is 3.22. The maximum absolute atomic E-state index is 12.8.